The minimum Gasteiger partial charge on any atom is -0.487 e. The minimum absolute atomic E-state index is 0.252. The quantitative estimate of drug-likeness (QED) is 0.775. The molecule has 0 saturated carbocycles. The van der Waals surface area contributed by atoms with Crippen molar-refractivity contribution in [3.8, 4) is 5.75 Å². The lowest BCUT2D eigenvalue weighted by molar-refractivity contribution is 0.219. The highest BCUT2D eigenvalue weighted by Crippen LogP contribution is 2.19. The molecule has 2 aromatic rings. The predicted octanol–water partition coefficient (Wildman–Crippen LogP) is 1.96. The van der Waals surface area contributed by atoms with Crippen LogP contribution in [0.4, 0.5) is 0 Å². The summed E-state index contributed by atoms with van der Waals surface area (Å²) in [6.45, 7) is 8.85. The summed E-state index contributed by atoms with van der Waals surface area (Å²) < 4.78 is 8.09. The van der Waals surface area contributed by atoms with Crippen LogP contribution in [0.3, 0.4) is 0 Å². The van der Waals surface area contributed by atoms with Gasteiger partial charge in [-0.2, -0.15) is 5.10 Å². The first-order chi connectivity index (χ1) is 11.7. The number of ether oxygens (including phenoxy) is 1. The van der Waals surface area contributed by atoms with Crippen LogP contribution in [-0.2, 0) is 19.6 Å². The third kappa shape index (κ3) is 4.79. The van der Waals surface area contributed by atoms with Crippen molar-refractivity contribution in [3.05, 3.63) is 42.0 Å². The Hall–Kier alpha value is -1.92. The number of nitrogens with one attached hydrogen (secondary N) is 2. The van der Waals surface area contributed by atoms with Gasteiger partial charge < -0.3 is 15.4 Å². The van der Waals surface area contributed by atoms with Crippen molar-refractivity contribution in [2.75, 3.05) is 13.1 Å². The minimum atomic E-state index is 0.252. The van der Waals surface area contributed by atoms with E-state index in [1.807, 2.05) is 29.3 Å². The number of rotatable bonds is 8. The monoisotopic (exact) mass is 329 g/mol. The summed E-state index contributed by atoms with van der Waals surface area (Å²) in [6.07, 6.45) is 8.98. The average molecular weight is 329 g/mol. The number of nitrogens with zero attached hydrogens (tertiary/aromatic N) is 3. The van der Waals surface area contributed by atoms with Crippen LogP contribution in [0.25, 0.3) is 0 Å². The smallest absolute Gasteiger partial charge is 0.142 e. The van der Waals surface area contributed by atoms with Gasteiger partial charge in [0.15, 0.2) is 0 Å². The molecule has 0 aliphatic carbocycles. The van der Waals surface area contributed by atoms with Crippen molar-refractivity contribution in [3.63, 3.8) is 0 Å². The van der Waals surface area contributed by atoms with Gasteiger partial charge in [-0.25, -0.2) is 0 Å². The fourth-order valence-electron chi connectivity index (χ4n) is 2.88. The molecule has 2 aromatic heterocycles. The lowest BCUT2D eigenvalue weighted by Gasteiger charge is -2.15. The molecule has 1 aliphatic heterocycles. The van der Waals surface area contributed by atoms with Crippen LogP contribution in [0.15, 0.2) is 30.9 Å². The normalized spacial score (nSPS) is 17.5. The van der Waals surface area contributed by atoms with E-state index < -0.39 is 0 Å². The largest absolute Gasteiger partial charge is 0.487 e. The van der Waals surface area contributed by atoms with Gasteiger partial charge in [0, 0.05) is 49.7 Å². The van der Waals surface area contributed by atoms with Crippen LogP contribution < -0.4 is 15.4 Å². The second-order valence-corrected chi connectivity index (χ2v) is 6.78. The van der Waals surface area contributed by atoms with E-state index in [-0.39, 0.29) is 6.10 Å². The van der Waals surface area contributed by atoms with Crippen molar-refractivity contribution < 1.29 is 4.74 Å². The summed E-state index contributed by atoms with van der Waals surface area (Å²) in [5, 5.41) is 11.2. The molecular weight excluding hydrogens is 302 g/mol. The van der Waals surface area contributed by atoms with Crippen LogP contribution in [0.5, 0.6) is 5.75 Å². The summed E-state index contributed by atoms with van der Waals surface area (Å²) in [7, 11) is 0. The molecule has 6 heteroatoms. The Morgan fingerprint density at radius 3 is 3.08 bits per heavy atom. The van der Waals surface area contributed by atoms with E-state index in [9.17, 15) is 0 Å². The third-order valence-electron chi connectivity index (χ3n) is 4.06. The molecule has 0 aromatic carbocycles. The molecule has 0 spiro atoms. The maximum Gasteiger partial charge on any atom is 0.142 e. The van der Waals surface area contributed by atoms with Crippen molar-refractivity contribution in [1.29, 1.82) is 0 Å². The van der Waals surface area contributed by atoms with E-state index in [1.54, 1.807) is 0 Å². The zero-order chi connectivity index (χ0) is 16.8. The number of pyridine rings is 1. The van der Waals surface area contributed by atoms with E-state index in [0.29, 0.717) is 5.92 Å². The molecule has 24 heavy (non-hydrogen) atoms. The molecule has 130 valence electrons. The van der Waals surface area contributed by atoms with E-state index in [0.717, 1.165) is 50.5 Å². The van der Waals surface area contributed by atoms with Gasteiger partial charge in [-0.3, -0.25) is 9.67 Å². The second-order valence-electron chi connectivity index (χ2n) is 6.78. The summed E-state index contributed by atoms with van der Waals surface area (Å²) in [4.78, 5) is 4.20. The summed E-state index contributed by atoms with van der Waals surface area (Å²) in [6, 6.07) is 2.02. The Morgan fingerprint density at radius 2 is 2.29 bits per heavy atom. The van der Waals surface area contributed by atoms with Gasteiger partial charge in [0.1, 0.15) is 11.9 Å². The van der Waals surface area contributed by atoms with Gasteiger partial charge in [-0.15, -0.1) is 0 Å². The maximum absolute atomic E-state index is 6.08. The van der Waals surface area contributed by atoms with E-state index in [4.69, 9.17) is 4.74 Å². The van der Waals surface area contributed by atoms with Crippen LogP contribution >= 0.6 is 0 Å². The molecule has 3 heterocycles. The van der Waals surface area contributed by atoms with Gasteiger partial charge in [-0.05, 0) is 24.9 Å². The van der Waals surface area contributed by atoms with Crippen LogP contribution in [-0.4, -0.2) is 34.0 Å². The Balaban J connectivity index is 1.52. The highest BCUT2D eigenvalue weighted by Gasteiger charge is 2.17. The number of hydrogen-bond acceptors (Lipinski definition) is 5. The molecule has 0 amide bonds. The van der Waals surface area contributed by atoms with Gasteiger partial charge in [0.2, 0.25) is 0 Å². The lowest BCUT2D eigenvalue weighted by atomic mass is 10.2. The van der Waals surface area contributed by atoms with E-state index in [1.165, 1.54) is 5.56 Å². The Bertz CT molecular complexity index is 634. The van der Waals surface area contributed by atoms with Gasteiger partial charge in [0.05, 0.1) is 12.4 Å². The fraction of sp³-hybridized carbons (Fsp3) is 0.556. The number of aromatic nitrogens is 3. The molecule has 1 aliphatic rings. The fourth-order valence-corrected chi connectivity index (χ4v) is 2.88. The summed E-state index contributed by atoms with van der Waals surface area (Å²) in [5.74, 6) is 1.49. The van der Waals surface area contributed by atoms with Gasteiger partial charge >= 0.3 is 0 Å². The highest BCUT2D eigenvalue weighted by atomic mass is 16.5. The summed E-state index contributed by atoms with van der Waals surface area (Å²) in [5.41, 5.74) is 2.35. The molecule has 1 fully saturated rings. The van der Waals surface area contributed by atoms with Gasteiger partial charge in [0.25, 0.3) is 0 Å². The lowest BCUT2D eigenvalue weighted by Crippen LogP contribution is -2.21. The number of hydrogen-bond donors (Lipinski definition) is 2. The van der Waals surface area contributed by atoms with Crippen molar-refractivity contribution >= 4 is 0 Å². The second kappa shape index (κ2) is 8.26. The molecular formula is C18H27N5O. The molecule has 2 N–H and O–H groups in total. The molecule has 0 radical (unpaired) electrons. The van der Waals surface area contributed by atoms with Crippen LogP contribution in [0, 0.1) is 5.92 Å². The first-order valence-electron chi connectivity index (χ1n) is 8.73. The SMILES string of the molecule is CC(C)Cn1cc(CNCc2ccncc2O[C@H]2CCNC2)cn1. The molecule has 1 saturated heterocycles. The van der Waals surface area contributed by atoms with Crippen LogP contribution in [0.1, 0.15) is 31.4 Å². The predicted molar refractivity (Wildman–Crippen MR) is 93.7 cm³/mol. The standard InChI is InChI=1S/C18H27N5O/c1-14(2)12-23-13-15(8-22-23)7-21-9-16-3-5-20-11-18(16)24-17-4-6-19-10-17/h3,5,8,11,13-14,17,19,21H,4,6-7,9-10,12H2,1-2H3/t17-/m0/s1. The van der Waals surface area contributed by atoms with Crippen molar-refractivity contribution in [1.82, 2.24) is 25.4 Å². The summed E-state index contributed by atoms with van der Waals surface area (Å²) >= 11 is 0. The molecule has 0 bridgehead atoms. The topological polar surface area (TPSA) is 64.0 Å². The molecule has 0 unspecified atom stereocenters. The first-order valence-corrected chi connectivity index (χ1v) is 8.73. The van der Waals surface area contributed by atoms with Gasteiger partial charge in [-0.1, -0.05) is 13.8 Å². The molecule has 1 atom stereocenters. The zero-order valence-corrected chi connectivity index (χ0v) is 14.5. The van der Waals surface area contributed by atoms with E-state index in [2.05, 4.69) is 40.8 Å². The van der Waals surface area contributed by atoms with Crippen molar-refractivity contribution in [2.45, 2.75) is 46.0 Å². The molecule has 3 rings (SSSR count). The first kappa shape index (κ1) is 16.9. The Kier molecular flexibility index (Phi) is 5.82. The van der Waals surface area contributed by atoms with Crippen molar-refractivity contribution in [2.24, 2.45) is 5.92 Å². The maximum atomic E-state index is 6.08. The van der Waals surface area contributed by atoms with Crippen LogP contribution in [0.2, 0.25) is 0 Å². The third-order valence-corrected chi connectivity index (χ3v) is 4.06. The Morgan fingerprint density at radius 1 is 1.38 bits per heavy atom. The molecule has 6 nitrogen and oxygen atoms in total. The average Bonchev–Trinajstić information content (AvgIpc) is 3.21. The van der Waals surface area contributed by atoms with E-state index >= 15 is 0 Å². The highest BCUT2D eigenvalue weighted by molar-refractivity contribution is 5.30. The zero-order valence-electron chi connectivity index (χ0n) is 14.5. The Labute approximate surface area is 143 Å².